The van der Waals surface area contributed by atoms with Crippen LogP contribution >= 0.6 is 0 Å². The van der Waals surface area contributed by atoms with Crippen molar-refractivity contribution in [3.63, 3.8) is 0 Å². The van der Waals surface area contributed by atoms with Crippen molar-refractivity contribution in [1.29, 1.82) is 0 Å². The van der Waals surface area contributed by atoms with Crippen LogP contribution in [-0.4, -0.2) is 0 Å². The Morgan fingerprint density at radius 3 is 1.72 bits per heavy atom. The van der Waals surface area contributed by atoms with Crippen LogP contribution in [0.2, 0.25) is 0 Å². The number of hydrogen-bond acceptors (Lipinski definition) is 2. The molecule has 0 saturated carbocycles. The Hall–Kier alpha value is -5.60. The van der Waals surface area contributed by atoms with Gasteiger partial charge in [-0.2, -0.15) is 0 Å². The van der Waals surface area contributed by atoms with Gasteiger partial charge in [0.25, 0.3) is 0 Å². The monoisotopic (exact) mass is 644 g/mol. The molecule has 242 valence electrons. The maximum absolute atomic E-state index is 4.28. The van der Waals surface area contributed by atoms with Gasteiger partial charge in [0, 0.05) is 44.7 Å². The Balaban J connectivity index is 1.27. The highest BCUT2D eigenvalue weighted by Crippen LogP contribution is 2.58. The van der Waals surface area contributed by atoms with Crippen LogP contribution < -0.4 is 10.2 Å². The van der Waals surface area contributed by atoms with Gasteiger partial charge < -0.3 is 10.2 Å². The van der Waals surface area contributed by atoms with Crippen LogP contribution in [0.3, 0.4) is 0 Å². The predicted octanol–water partition coefficient (Wildman–Crippen LogP) is 12.4. The molecule has 0 spiro atoms. The number of benzene rings is 6. The summed E-state index contributed by atoms with van der Waals surface area (Å²) in [4.78, 5) is 2.62. The van der Waals surface area contributed by atoms with Crippen LogP contribution in [0.1, 0.15) is 73.2 Å². The summed E-state index contributed by atoms with van der Waals surface area (Å²) in [6.07, 6.45) is 8.86. The summed E-state index contributed by atoms with van der Waals surface area (Å²) in [7, 11) is 0. The molecule has 6 aromatic carbocycles. The molecule has 0 fully saturated rings. The first-order valence-electron chi connectivity index (χ1n) is 18.0. The van der Waals surface area contributed by atoms with E-state index in [4.69, 9.17) is 0 Å². The van der Waals surface area contributed by atoms with Crippen LogP contribution in [0.15, 0.2) is 152 Å². The molecule has 6 aromatic rings. The van der Waals surface area contributed by atoms with E-state index in [0.29, 0.717) is 0 Å². The lowest BCUT2D eigenvalue weighted by atomic mass is 9.81. The van der Waals surface area contributed by atoms with Crippen molar-refractivity contribution in [3.05, 3.63) is 185 Å². The highest BCUT2D eigenvalue weighted by molar-refractivity contribution is 5.98. The summed E-state index contributed by atoms with van der Waals surface area (Å²) in [5, 5.41) is 4.28. The van der Waals surface area contributed by atoms with Crippen LogP contribution in [0.25, 0.3) is 33.4 Å². The molecule has 1 heterocycles. The van der Waals surface area contributed by atoms with Crippen molar-refractivity contribution in [2.24, 2.45) is 0 Å². The molecule has 0 amide bonds. The highest BCUT2D eigenvalue weighted by Gasteiger charge is 2.42. The van der Waals surface area contributed by atoms with Gasteiger partial charge in [0.15, 0.2) is 0 Å². The molecule has 1 unspecified atom stereocenters. The fourth-order valence-electron chi connectivity index (χ4n) is 9.60. The van der Waals surface area contributed by atoms with Gasteiger partial charge in [0.2, 0.25) is 0 Å². The largest absolute Gasteiger partial charge is 0.361 e. The summed E-state index contributed by atoms with van der Waals surface area (Å²) < 4.78 is 0. The van der Waals surface area contributed by atoms with Crippen molar-refractivity contribution in [1.82, 2.24) is 0 Å². The van der Waals surface area contributed by atoms with Gasteiger partial charge >= 0.3 is 0 Å². The fraction of sp³-hybridized carbons (Fsp3) is 0.167. The van der Waals surface area contributed by atoms with E-state index in [1.54, 1.807) is 0 Å². The standard InChI is InChI=1S/C48H40N2/c1-47(2)36-23-10-7-19-34(36)44-38(47)25-14-27-40(44)49-46-43-31(30-16-5-6-17-30)21-13-22-33(43)32-18-9-12-28-41(32)50(46)42-29-15-26-39-45(42)35-20-8-11-24-37(35)48(39,3)4/h5-30,46,49H,1-4H3. The average molecular weight is 645 g/mol. The fourth-order valence-corrected chi connectivity index (χ4v) is 9.60. The maximum Gasteiger partial charge on any atom is 0.131 e. The van der Waals surface area contributed by atoms with Gasteiger partial charge in [0.05, 0.1) is 11.4 Å². The molecule has 1 N–H and O–H groups in total. The summed E-state index contributed by atoms with van der Waals surface area (Å²) in [6.45, 7) is 9.48. The Morgan fingerprint density at radius 2 is 1.00 bits per heavy atom. The SMILES string of the molecule is CC1(C)c2ccccc2-c2c(NC3c4c(cccc4C4C=CC=C4)-c4ccccc4N3c3cccc4c3-c3ccccc3C4(C)C)cccc21. The van der Waals surface area contributed by atoms with E-state index in [9.17, 15) is 0 Å². The molecule has 1 atom stereocenters. The number of allylic oxidation sites excluding steroid dienone is 4. The van der Waals surface area contributed by atoms with Crippen LogP contribution in [0.5, 0.6) is 0 Å². The summed E-state index contributed by atoms with van der Waals surface area (Å²) in [5.41, 5.74) is 19.5. The van der Waals surface area contributed by atoms with E-state index in [2.05, 4.69) is 190 Å². The molecule has 0 radical (unpaired) electrons. The molecular weight excluding hydrogens is 605 g/mol. The molecule has 0 saturated heterocycles. The van der Waals surface area contributed by atoms with E-state index in [1.165, 1.54) is 83.8 Å². The third kappa shape index (κ3) is 3.91. The molecule has 0 aromatic heterocycles. The van der Waals surface area contributed by atoms with Crippen molar-refractivity contribution in [2.45, 2.75) is 50.6 Å². The lowest BCUT2D eigenvalue weighted by Gasteiger charge is -2.43. The Bertz CT molecular complexity index is 2430. The number of hydrogen-bond donors (Lipinski definition) is 1. The van der Waals surface area contributed by atoms with Gasteiger partial charge in [-0.15, -0.1) is 0 Å². The van der Waals surface area contributed by atoms with Crippen molar-refractivity contribution >= 4 is 17.1 Å². The molecule has 3 aliphatic carbocycles. The second kappa shape index (κ2) is 10.5. The number of fused-ring (bicyclic) bond motifs is 9. The molecule has 10 rings (SSSR count). The molecule has 50 heavy (non-hydrogen) atoms. The zero-order valence-electron chi connectivity index (χ0n) is 29.0. The third-order valence-electron chi connectivity index (χ3n) is 12.0. The van der Waals surface area contributed by atoms with Crippen molar-refractivity contribution in [3.8, 4) is 33.4 Å². The molecule has 1 aliphatic heterocycles. The summed E-state index contributed by atoms with van der Waals surface area (Å²) >= 11 is 0. The van der Waals surface area contributed by atoms with Gasteiger partial charge in [0.1, 0.15) is 6.17 Å². The summed E-state index contributed by atoms with van der Waals surface area (Å²) in [5.74, 6) is 0.212. The maximum atomic E-state index is 4.28. The zero-order valence-corrected chi connectivity index (χ0v) is 29.0. The minimum absolute atomic E-state index is 0.0828. The predicted molar refractivity (Wildman–Crippen MR) is 209 cm³/mol. The molecule has 4 aliphatic rings. The van der Waals surface area contributed by atoms with Gasteiger partial charge in [-0.25, -0.2) is 0 Å². The molecule has 2 nitrogen and oxygen atoms in total. The number of para-hydroxylation sites is 1. The van der Waals surface area contributed by atoms with Crippen molar-refractivity contribution < 1.29 is 0 Å². The zero-order chi connectivity index (χ0) is 33.8. The van der Waals surface area contributed by atoms with E-state index < -0.39 is 0 Å². The topological polar surface area (TPSA) is 15.3 Å². The third-order valence-corrected chi connectivity index (χ3v) is 12.0. The Kier molecular flexibility index (Phi) is 6.13. The summed E-state index contributed by atoms with van der Waals surface area (Å²) in [6, 6.07) is 47.7. The minimum Gasteiger partial charge on any atom is -0.361 e. The Labute approximate surface area is 295 Å². The number of rotatable bonds is 4. The molecule has 2 heteroatoms. The quantitative estimate of drug-likeness (QED) is 0.205. The van der Waals surface area contributed by atoms with Crippen LogP contribution in [0.4, 0.5) is 17.1 Å². The second-order valence-electron chi connectivity index (χ2n) is 15.3. The smallest absolute Gasteiger partial charge is 0.131 e. The number of anilines is 3. The normalized spacial score (nSPS) is 18.2. The Morgan fingerprint density at radius 1 is 0.480 bits per heavy atom. The lowest BCUT2D eigenvalue weighted by Crippen LogP contribution is -2.35. The van der Waals surface area contributed by atoms with E-state index in [0.717, 1.165) is 0 Å². The van der Waals surface area contributed by atoms with Gasteiger partial charge in [-0.1, -0.05) is 161 Å². The first-order chi connectivity index (χ1) is 24.4. The van der Waals surface area contributed by atoms with E-state index in [1.807, 2.05) is 0 Å². The number of nitrogens with one attached hydrogen (secondary N) is 1. The van der Waals surface area contributed by atoms with Crippen molar-refractivity contribution in [2.75, 3.05) is 10.2 Å². The van der Waals surface area contributed by atoms with E-state index >= 15 is 0 Å². The minimum atomic E-state index is -0.178. The van der Waals surface area contributed by atoms with Gasteiger partial charge in [-0.05, 0) is 62.7 Å². The lowest BCUT2D eigenvalue weighted by molar-refractivity contribution is 0.660. The van der Waals surface area contributed by atoms with Crippen LogP contribution in [-0.2, 0) is 10.8 Å². The molecule has 0 bridgehead atoms. The molecular formula is C48H40N2. The van der Waals surface area contributed by atoms with Gasteiger partial charge in [-0.3, -0.25) is 0 Å². The van der Waals surface area contributed by atoms with E-state index in [-0.39, 0.29) is 22.9 Å². The second-order valence-corrected chi connectivity index (χ2v) is 15.3. The first-order valence-corrected chi connectivity index (χ1v) is 18.0. The highest BCUT2D eigenvalue weighted by atomic mass is 15.3. The number of nitrogens with zero attached hydrogens (tertiary/aromatic N) is 1. The van der Waals surface area contributed by atoms with Crippen LogP contribution in [0, 0.1) is 0 Å². The average Bonchev–Trinajstić information content (AvgIpc) is 3.83. The first kappa shape index (κ1) is 29.3.